The lowest BCUT2D eigenvalue weighted by Gasteiger charge is -2.23. The van der Waals surface area contributed by atoms with Crippen LogP contribution in [0, 0.1) is 17.9 Å². The van der Waals surface area contributed by atoms with Gasteiger partial charge in [-0.05, 0) is 60.7 Å². The molecule has 0 aliphatic heterocycles. The summed E-state index contributed by atoms with van der Waals surface area (Å²) in [5.74, 6) is 0. The minimum Gasteiger partial charge on any atom is -0.316 e. The van der Waals surface area contributed by atoms with E-state index in [1.807, 2.05) is 11.3 Å². The summed E-state index contributed by atoms with van der Waals surface area (Å²) in [6.07, 6.45) is 0. The summed E-state index contributed by atoms with van der Waals surface area (Å²) in [5.41, 5.74) is 8.88. The number of benzene rings is 10. The molecule has 0 aliphatic rings. The zero-order valence-electron chi connectivity index (χ0n) is 36.9. The van der Waals surface area contributed by atoms with Crippen LogP contribution in [0.25, 0.3) is 148 Å². The van der Waals surface area contributed by atoms with Crippen LogP contribution in [0.3, 0.4) is 0 Å². The Labute approximate surface area is 410 Å². The molecule has 0 atom stereocenters. The molecule has 16 aromatic rings. The van der Waals surface area contributed by atoms with E-state index in [1.165, 1.54) is 49.7 Å². The second kappa shape index (κ2) is 13.9. The van der Waals surface area contributed by atoms with E-state index in [-0.39, 0.29) is 0 Å². The highest BCUT2D eigenvalue weighted by Crippen LogP contribution is 2.52. The Bertz CT molecular complexity index is 5110. The normalized spacial score (nSPS) is 12.3. The van der Waals surface area contributed by atoms with Crippen LogP contribution in [0.15, 0.2) is 188 Å². The summed E-state index contributed by atoms with van der Waals surface area (Å²) < 4.78 is 14.2. The van der Waals surface area contributed by atoms with Crippen LogP contribution >= 0.6 is 34.0 Å². The van der Waals surface area contributed by atoms with Crippen LogP contribution in [0.5, 0.6) is 0 Å². The van der Waals surface area contributed by atoms with Gasteiger partial charge in [0.2, 0.25) is 5.69 Å². The number of nitriles is 1. The number of para-hydroxylation sites is 3. The Hall–Kier alpha value is -8.76. The smallest absolute Gasteiger partial charge is 0.232 e. The zero-order chi connectivity index (χ0) is 45.9. The summed E-state index contributed by atoms with van der Waals surface area (Å²) in [7, 11) is 0. The Morgan fingerprint density at radius 2 is 0.729 bits per heavy atom. The minimum atomic E-state index is 0.302. The van der Waals surface area contributed by atoms with Crippen molar-refractivity contribution in [2.45, 2.75) is 0 Å². The fourth-order valence-corrected chi connectivity index (χ4v) is 15.3. The standard InChI is InChI=1S/C62H31N5S3/c1-64-58-43(33-63)47(65-44-20-8-2-14-34(44)37-26-29-52-55(59(37)65)40-17-5-11-23-49(40)68-52)32-48(66-45-21-9-3-15-35(45)38-27-30-53-56(60(38)66)41-18-6-12-24-50(41)69-53)62(58)67-46-22-10-4-16-36(46)39-28-31-54-57(61(39)67)42-19-7-13-25-51(42)70-54/h2-32H. The third-order valence-corrected chi connectivity index (χ3v) is 18.1. The first-order chi connectivity index (χ1) is 34.7. The predicted molar refractivity (Wildman–Crippen MR) is 299 cm³/mol. The molecule has 322 valence electrons. The topological polar surface area (TPSA) is 42.9 Å². The first-order valence-electron chi connectivity index (χ1n) is 23.2. The lowest BCUT2D eigenvalue weighted by molar-refractivity contribution is 1.08. The number of rotatable bonds is 3. The van der Waals surface area contributed by atoms with Gasteiger partial charge in [-0.3, -0.25) is 0 Å². The van der Waals surface area contributed by atoms with Crippen molar-refractivity contribution < 1.29 is 0 Å². The van der Waals surface area contributed by atoms with Crippen molar-refractivity contribution in [3.63, 3.8) is 0 Å². The van der Waals surface area contributed by atoms with E-state index < -0.39 is 0 Å². The molecule has 6 aromatic heterocycles. The van der Waals surface area contributed by atoms with Crippen LogP contribution in [0.4, 0.5) is 5.69 Å². The first kappa shape index (κ1) is 38.2. The van der Waals surface area contributed by atoms with Gasteiger partial charge in [0.25, 0.3) is 0 Å². The lowest BCUT2D eigenvalue weighted by atomic mass is 10.0. The third kappa shape index (κ3) is 4.82. The van der Waals surface area contributed by atoms with Gasteiger partial charge in [0, 0.05) is 92.8 Å². The van der Waals surface area contributed by atoms with E-state index in [4.69, 9.17) is 0 Å². The fourth-order valence-electron chi connectivity index (χ4n) is 11.9. The van der Waals surface area contributed by atoms with Gasteiger partial charge in [-0.15, -0.1) is 34.0 Å². The number of aromatic nitrogens is 3. The van der Waals surface area contributed by atoms with Crippen molar-refractivity contribution in [1.82, 2.24) is 13.7 Å². The molecule has 8 heteroatoms. The Balaban J connectivity index is 1.19. The van der Waals surface area contributed by atoms with Gasteiger partial charge in [0.1, 0.15) is 0 Å². The van der Waals surface area contributed by atoms with Crippen molar-refractivity contribution in [1.29, 1.82) is 5.26 Å². The van der Waals surface area contributed by atoms with Crippen molar-refractivity contribution in [2.75, 3.05) is 0 Å². The van der Waals surface area contributed by atoms with Crippen molar-refractivity contribution in [3.8, 4) is 23.1 Å². The number of hydrogen-bond acceptors (Lipinski definition) is 4. The second-order valence-corrected chi connectivity index (χ2v) is 21.3. The summed E-state index contributed by atoms with van der Waals surface area (Å²) in [6, 6.07) is 70.2. The average molecular weight is 942 g/mol. The lowest BCUT2D eigenvalue weighted by Crippen LogP contribution is -2.09. The molecule has 0 saturated carbocycles. The monoisotopic (exact) mass is 941 g/mol. The quantitative estimate of drug-likeness (QED) is 0.163. The van der Waals surface area contributed by atoms with Crippen molar-refractivity contribution >= 4 is 166 Å². The molecule has 5 nitrogen and oxygen atoms in total. The van der Waals surface area contributed by atoms with Crippen LogP contribution in [0.2, 0.25) is 0 Å². The van der Waals surface area contributed by atoms with Gasteiger partial charge in [-0.25, -0.2) is 4.85 Å². The van der Waals surface area contributed by atoms with E-state index in [0.717, 1.165) is 81.9 Å². The highest BCUT2D eigenvalue weighted by atomic mass is 32.1. The molecular weight excluding hydrogens is 911 g/mol. The van der Waals surface area contributed by atoms with Gasteiger partial charge < -0.3 is 13.7 Å². The van der Waals surface area contributed by atoms with Crippen molar-refractivity contribution in [3.05, 3.63) is 205 Å². The molecule has 0 N–H and O–H groups in total. The van der Waals surface area contributed by atoms with E-state index in [2.05, 4.69) is 213 Å². The molecular formula is C62H31N5S3. The van der Waals surface area contributed by atoms with Gasteiger partial charge in [0.05, 0.1) is 68.4 Å². The summed E-state index contributed by atoms with van der Waals surface area (Å²) in [4.78, 5) is 4.59. The number of nitrogens with zero attached hydrogens (tertiary/aromatic N) is 5. The number of fused-ring (bicyclic) bond motifs is 21. The van der Waals surface area contributed by atoms with Gasteiger partial charge in [-0.1, -0.05) is 127 Å². The molecule has 6 heterocycles. The highest BCUT2D eigenvalue weighted by Gasteiger charge is 2.31. The van der Waals surface area contributed by atoms with Gasteiger partial charge in [-0.2, -0.15) is 5.26 Å². The molecule has 0 aliphatic carbocycles. The average Bonchev–Trinajstić information content (AvgIpc) is 4.26. The highest BCUT2D eigenvalue weighted by molar-refractivity contribution is 7.26. The van der Waals surface area contributed by atoms with Crippen LogP contribution in [-0.2, 0) is 0 Å². The number of hydrogen-bond donors (Lipinski definition) is 0. The number of thiophene rings is 3. The third-order valence-electron chi connectivity index (χ3n) is 14.7. The van der Waals surface area contributed by atoms with E-state index in [9.17, 15) is 11.8 Å². The molecule has 0 amide bonds. The molecule has 16 rings (SSSR count). The maximum Gasteiger partial charge on any atom is 0.232 e. The summed E-state index contributed by atoms with van der Waals surface area (Å²) >= 11 is 5.38. The molecule has 0 fully saturated rings. The SMILES string of the molecule is [C-]#[N+]c1c(C#N)c(-n2c3ccccc3c3ccc4sc5ccccc5c4c32)cc(-n2c3ccccc3c3ccc4sc5ccccc5c4c32)c1-n1c2ccccc2c2ccc3sc4ccccc4c3c21. The maximum absolute atomic E-state index is 11.9. The molecule has 0 unspecified atom stereocenters. The minimum absolute atomic E-state index is 0.302. The molecule has 70 heavy (non-hydrogen) atoms. The maximum atomic E-state index is 11.9. The van der Waals surface area contributed by atoms with E-state index >= 15 is 0 Å². The summed E-state index contributed by atoms with van der Waals surface area (Å²) in [5, 5.41) is 25.5. The van der Waals surface area contributed by atoms with Gasteiger partial charge >= 0.3 is 0 Å². The molecule has 0 saturated heterocycles. The van der Waals surface area contributed by atoms with E-state index in [0.29, 0.717) is 22.6 Å². The Morgan fingerprint density at radius 1 is 0.371 bits per heavy atom. The summed E-state index contributed by atoms with van der Waals surface area (Å²) in [6.45, 7) is 9.48. The van der Waals surface area contributed by atoms with Gasteiger partial charge in [0.15, 0.2) is 0 Å². The van der Waals surface area contributed by atoms with E-state index in [1.54, 1.807) is 22.7 Å². The van der Waals surface area contributed by atoms with Crippen LogP contribution < -0.4 is 0 Å². The Kier molecular flexibility index (Phi) is 7.60. The molecule has 0 bridgehead atoms. The molecule has 0 spiro atoms. The molecule has 10 aromatic carbocycles. The predicted octanol–water partition coefficient (Wildman–Crippen LogP) is 18.5. The Morgan fingerprint density at radius 3 is 1.14 bits per heavy atom. The first-order valence-corrected chi connectivity index (χ1v) is 25.6. The second-order valence-electron chi connectivity index (χ2n) is 18.1. The molecule has 0 radical (unpaired) electrons. The van der Waals surface area contributed by atoms with Crippen molar-refractivity contribution in [2.24, 2.45) is 0 Å². The zero-order valence-corrected chi connectivity index (χ0v) is 39.3. The van der Waals surface area contributed by atoms with Crippen LogP contribution in [-0.4, -0.2) is 13.7 Å². The van der Waals surface area contributed by atoms with Crippen LogP contribution in [0.1, 0.15) is 5.56 Å². The largest absolute Gasteiger partial charge is 0.316 e. The fraction of sp³-hybridized carbons (Fsp3) is 0.